The second-order valence-electron chi connectivity index (χ2n) is 4.78. The summed E-state index contributed by atoms with van der Waals surface area (Å²) in [6, 6.07) is 0.911. The Labute approximate surface area is 92.6 Å². The van der Waals surface area contributed by atoms with E-state index in [9.17, 15) is 4.79 Å². The van der Waals surface area contributed by atoms with Gasteiger partial charge >= 0.3 is 0 Å². The van der Waals surface area contributed by atoms with Crippen molar-refractivity contribution in [3.05, 3.63) is 0 Å². The van der Waals surface area contributed by atoms with E-state index < -0.39 is 0 Å². The third-order valence-corrected chi connectivity index (χ3v) is 2.91. The number of likely N-dealkylation sites (tertiary alicyclic amines) is 1. The predicted molar refractivity (Wildman–Crippen MR) is 61.8 cm³/mol. The predicted octanol–water partition coefficient (Wildman–Crippen LogP) is 0.147. The van der Waals surface area contributed by atoms with Crippen LogP contribution in [0, 0.1) is 0 Å². The fourth-order valence-corrected chi connectivity index (χ4v) is 1.79. The van der Waals surface area contributed by atoms with E-state index in [0.29, 0.717) is 18.6 Å². The molecule has 1 N–H and O–H groups in total. The molecule has 15 heavy (non-hydrogen) atoms. The maximum absolute atomic E-state index is 11.8. The topological polar surface area (TPSA) is 35.6 Å². The quantitative estimate of drug-likeness (QED) is 0.722. The number of likely N-dealkylation sites (N-methyl/N-ethyl adjacent to an activating group) is 1. The van der Waals surface area contributed by atoms with Crippen molar-refractivity contribution in [2.24, 2.45) is 0 Å². The number of rotatable bonds is 4. The van der Waals surface area contributed by atoms with Gasteiger partial charge in [0, 0.05) is 25.2 Å². The van der Waals surface area contributed by atoms with Crippen LogP contribution < -0.4 is 5.32 Å². The van der Waals surface area contributed by atoms with Crippen LogP contribution in [0.15, 0.2) is 0 Å². The molecule has 0 spiro atoms. The van der Waals surface area contributed by atoms with E-state index in [4.69, 9.17) is 0 Å². The molecule has 1 heterocycles. The summed E-state index contributed by atoms with van der Waals surface area (Å²) in [5, 5.41) is 3.16. The van der Waals surface area contributed by atoms with E-state index in [0.717, 1.165) is 19.5 Å². The Hall–Kier alpha value is -0.610. The maximum Gasteiger partial charge on any atom is 0.236 e. The molecule has 1 aliphatic heterocycles. The molecule has 4 nitrogen and oxygen atoms in total. The number of carbonyl (C=O) groups excluding carboxylic acids is 1. The lowest BCUT2D eigenvalue weighted by atomic mass is 10.2. The zero-order valence-corrected chi connectivity index (χ0v) is 10.3. The van der Waals surface area contributed by atoms with Crippen LogP contribution in [0.2, 0.25) is 0 Å². The summed E-state index contributed by atoms with van der Waals surface area (Å²) >= 11 is 0. The molecule has 0 aromatic carbocycles. The molecular formula is C11H23N3O. The smallest absolute Gasteiger partial charge is 0.236 e. The lowest BCUT2D eigenvalue weighted by molar-refractivity contribution is -0.129. The molecule has 0 aliphatic carbocycles. The van der Waals surface area contributed by atoms with Gasteiger partial charge in [-0.15, -0.1) is 0 Å². The monoisotopic (exact) mass is 213 g/mol. The van der Waals surface area contributed by atoms with Gasteiger partial charge in [-0.25, -0.2) is 0 Å². The van der Waals surface area contributed by atoms with Crippen LogP contribution >= 0.6 is 0 Å². The molecular weight excluding hydrogens is 190 g/mol. The molecule has 0 saturated carbocycles. The van der Waals surface area contributed by atoms with Crippen LogP contribution in [-0.2, 0) is 4.79 Å². The van der Waals surface area contributed by atoms with Crippen molar-refractivity contribution in [2.45, 2.75) is 32.4 Å². The fourth-order valence-electron chi connectivity index (χ4n) is 1.79. The number of amides is 1. The highest BCUT2D eigenvalue weighted by molar-refractivity contribution is 5.78. The van der Waals surface area contributed by atoms with Crippen molar-refractivity contribution < 1.29 is 4.79 Å². The van der Waals surface area contributed by atoms with E-state index in [1.54, 1.807) is 0 Å². The molecule has 1 unspecified atom stereocenters. The summed E-state index contributed by atoms with van der Waals surface area (Å²) in [6.45, 7) is 6.37. The zero-order valence-electron chi connectivity index (χ0n) is 10.3. The molecule has 0 aromatic rings. The normalized spacial score (nSPS) is 21.7. The van der Waals surface area contributed by atoms with Crippen molar-refractivity contribution in [1.82, 2.24) is 15.1 Å². The van der Waals surface area contributed by atoms with Crippen LogP contribution in [0.5, 0.6) is 0 Å². The molecule has 0 bridgehead atoms. The van der Waals surface area contributed by atoms with Crippen molar-refractivity contribution in [1.29, 1.82) is 0 Å². The first-order valence-electron chi connectivity index (χ1n) is 5.68. The number of carbonyl (C=O) groups is 1. The van der Waals surface area contributed by atoms with Crippen molar-refractivity contribution in [2.75, 3.05) is 33.7 Å². The average Bonchev–Trinajstić information content (AvgIpc) is 2.62. The Morgan fingerprint density at radius 2 is 2.20 bits per heavy atom. The minimum atomic E-state index is 0.230. The molecule has 4 heteroatoms. The summed E-state index contributed by atoms with van der Waals surface area (Å²) in [7, 11) is 4.15. The Bertz CT molecular complexity index is 216. The molecule has 0 aromatic heterocycles. The van der Waals surface area contributed by atoms with Crippen LogP contribution in [0.1, 0.15) is 20.3 Å². The van der Waals surface area contributed by atoms with Gasteiger partial charge in [0.15, 0.2) is 0 Å². The third kappa shape index (κ3) is 3.80. The third-order valence-electron chi connectivity index (χ3n) is 2.91. The first-order chi connectivity index (χ1) is 7.00. The van der Waals surface area contributed by atoms with Gasteiger partial charge in [0.05, 0.1) is 6.54 Å². The highest BCUT2D eigenvalue weighted by Gasteiger charge is 2.26. The molecule has 1 fully saturated rings. The van der Waals surface area contributed by atoms with Crippen molar-refractivity contribution in [3.8, 4) is 0 Å². The van der Waals surface area contributed by atoms with Gasteiger partial charge in [-0.1, -0.05) is 13.8 Å². The lowest BCUT2D eigenvalue weighted by Crippen LogP contribution is -2.40. The van der Waals surface area contributed by atoms with Gasteiger partial charge in [-0.05, 0) is 20.5 Å². The highest BCUT2D eigenvalue weighted by atomic mass is 16.2. The molecule has 1 rings (SSSR count). The van der Waals surface area contributed by atoms with E-state index >= 15 is 0 Å². The Balaban J connectivity index is 2.30. The second kappa shape index (κ2) is 5.47. The van der Waals surface area contributed by atoms with Crippen LogP contribution in [0.3, 0.4) is 0 Å². The van der Waals surface area contributed by atoms with Crippen molar-refractivity contribution in [3.63, 3.8) is 0 Å². The lowest BCUT2D eigenvalue weighted by Gasteiger charge is -2.21. The SMILES string of the molecule is CC(C)NCC(=O)N1CCC(N(C)C)C1. The van der Waals surface area contributed by atoms with Gasteiger partial charge in [-0.2, -0.15) is 0 Å². The largest absolute Gasteiger partial charge is 0.340 e. The Morgan fingerprint density at radius 1 is 1.53 bits per heavy atom. The number of hydrogen-bond acceptors (Lipinski definition) is 3. The fraction of sp³-hybridized carbons (Fsp3) is 0.909. The number of nitrogens with one attached hydrogen (secondary N) is 1. The Kier molecular flexibility index (Phi) is 4.54. The van der Waals surface area contributed by atoms with E-state index in [1.807, 2.05) is 4.90 Å². The van der Waals surface area contributed by atoms with Crippen molar-refractivity contribution >= 4 is 5.91 Å². The molecule has 1 atom stereocenters. The van der Waals surface area contributed by atoms with E-state index in [2.05, 4.69) is 38.2 Å². The summed E-state index contributed by atoms with van der Waals surface area (Å²) < 4.78 is 0. The maximum atomic E-state index is 11.8. The number of nitrogens with zero attached hydrogens (tertiary/aromatic N) is 2. The first-order valence-corrected chi connectivity index (χ1v) is 5.68. The van der Waals surface area contributed by atoms with Gasteiger partial charge in [-0.3, -0.25) is 4.79 Å². The zero-order chi connectivity index (χ0) is 11.4. The molecule has 0 radical (unpaired) electrons. The summed E-state index contributed by atoms with van der Waals surface area (Å²) in [4.78, 5) is 15.9. The van der Waals surface area contributed by atoms with Crippen LogP contribution in [-0.4, -0.2) is 61.5 Å². The molecule has 1 amide bonds. The van der Waals surface area contributed by atoms with Gasteiger partial charge in [0.2, 0.25) is 5.91 Å². The van der Waals surface area contributed by atoms with Gasteiger partial charge in [0.1, 0.15) is 0 Å². The minimum absolute atomic E-state index is 0.230. The van der Waals surface area contributed by atoms with Gasteiger partial charge in [0.25, 0.3) is 0 Å². The molecule has 88 valence electrons. The molecule has 1 saturated heterocycles. The van der Waals surface area contributed by atoms with E-state index in [1.165, 1.54) is 0 Å². The Morgan fingerprint density at radius 3 is 2.67 bits per heavy atom. The van der Waals surface area contributed by atoms with Crippen LogP contribution in [0.4, 0.5) is 0 Å². The summed E-state index contributed by atoms with van der Waals surface area (Å²) in [6.07, 6.45) is 1.10. The van der Waals surface area contributed by atoms with Crippen LogP contribution in [0.25, 0.3) is 0 Å². The standard InChI is InChI=1S/C11H23N3O/c1-9(2)12-7-11(15)14-6-5-10(8-14)13(3)4/h9-10,12H,5-8H2,1-4H3. The first kappa shape index (κ1) is 12.5. The van der Waals surface area contributed by atoms with Gasteiger partial charge < -0.3 is 15.1 Å². The highest BCUT2D eigenvalue weighted by Crippen LogP contribution is 2.12. The molecule has 1 aliphatic rings. The van der Waals surface area contributed by atoms with E-state index in [-0.39, 0.29) is 5.91 Å². The minimum Gasteiger partial charge on any atom is -0.340 e. The summed E-state index contributed by atoms with van der Waals surface area (Å²) in [5.74, 6) is 0.230. The average molecular weight is 213 g/mol. The summed E-state index contributed by atoms with van der Waals surface area (Å²) in [5.41, 5.74) is 0. The number of hydrogen-bond donors (Lipinski definition) is 1. The second-order valence-corrected chi connectivity index (χ2v) is 4.78.